The summed E-state index contributed by atoms with van der Waals surface area (Å²) >= 11 is 3.11. The second-order valence-electron chi connectivity index (χ2n) is 4.41. The molecule has 2 N–H and O–H groups in total. The first-order valence-corrected chi connectivity index (χ1v) is 8.54. The highest BCUT2D eigenvalue weighted by Gasteiger charge is 2.25. The number of hydrogen-bond donors (Lipinski definition) is 2. The number of nitriles is 1. The Bertz CT molecular complexity index is 667. The van der Waals surface area contributed by atoms with Gasteiger partial charge >= 0.3 is 5.97 Å². The van der Waals surface area contributed by atoms with Gasteiger partial charge in [-0.2, -0.15) is 9.98 Å². The van der Waals surface area contributed by atoms with Gasteiger partial charge in [-0.3, -0.25) is 4.79 Å². The van der Waals surface area contributed by atoms with Gasteiger partial charge in [0.25, 0.3) is 0 Å². The second-order valence-corrected chi connectivity index (χ2v) is 6.98. The molecule has 0 aliphatic heterocycles. The Labute approximate surface area is 132 Å². The first kappa shape index (κ1) is 17.6. The van der Waals surface area contributed by atoms with Crippen LogP contribution in [-0.4, -0.2) is 25.5 Å². The molecule has 0 aromatic heterocycles. The van der Waals surface area contributed by atoms with E-state index in [4.69, 9.17) is 10.4 Å². The fourth-order valence-electron chi connectivity index (χ4n) is 1.65. The molecular weight excluding hydrogens is 360 g/mol. The van der Waals surface area contributed by atoms with Gasteiger partial charge in [-0.25, -0.2) is 8.42 Å². The van der Waals surface area contributed by atoms with Crippen LogP contribution in [0.25, 0.3) is 0 Å². The quantitative estimate of drug-likeness (QED) is 0.760. The molecule has 1 aromatic carbocycles. The zero-order valence-electron chi connectivity index (χ0n) is 11.3. The van der Waals surface area contributed by atoms with Crippen LogP contribution in [0, 0.1) is 11.3 Å². The normalized spacial score (nSPS) is 12.6. The molecule has 21 heavy (non-hydrogen) atoms. The molecule has 0 radical (unpaired) electrons. The molecule has 0 saturated carbocycles. The molecule has 0 heterocycles. The Balaban J connectivity index is 3.02. The highest BCUT2D eigenvalue weighted by Crippen LogP contribution is 2.21. The third-order valence-corrected chi connectivity index (χ3v) is 4.94. The van der Waals surface area contributed by atoms with Crippen LogP contribution < -0.4 is 4.72 Å². The van der Waals surface area contributed by atoms with Gasteiger partial charge in [-0.05, 0) is 40.5 Å². The summed E-state index contributed by atoms with van der Waals surface area (Å²) in [6.45, 7) is 1.89. The average molecular weight is 375 g/mol. The van der Waals surface area contributed by atoms with Crippen LogP contribution in [0.5, 0.6) is 0 Å². The Morgan fingerprint density at radius 1 is 1.52 bits per heavy atom. The van der Waals surface area contributed by atoms with E-state index >= 15 is 0 Å². The van der Waals surface area contributed by atoms with Crippen LogP contribution in [0.4, 0.5) is 0 Å². The van der Waals surface area contributed by atoms with Gasteiger partial charge < -0.3 is 5.11 Å². The number of unbranched alkanes of at least 4 members (excludes halogenated alkanes) is 1. The third kappa shape index (κ3) is 4.81. The molecule has 0 aliphatic rings. The van der Waals surface area contributed by atoms with Crippen LogP contribution in [0.2, 0.25) is 0 Å². The number of carboxylic acid groups (broad SMARTS) is 1. The van der Waals surface area contributed by atoms with Crippen LogP contribution >= 0.6 is 15.9 Å². The number of benzene rings is 1. The van der Waals surface area contributed by atoms with E-state index in [2.05, 4.69) is 20.7 Å². The summed E-state index contributed by atoms with van der Waals surface area (Å²) in [6.07, 6.45) is 1.60. The van der Waals surface area contributed by atoms with E-state index in [1.807, 2.05) is 13.0 Å². The standard InChI is InChI=1S/C13H15BrN2O4S/c1-2-3-4-12(13(17)18)16-21(19,20)10-6-5-9(8-15)11(14)7-10/h5-7,12,16H,2-4H2,1H3,(H,17,18). The van der Waals surface area contributed by atoms with Crippen molar-refractivity contribution in [2.24, 2.45) is 0 Å². The number of rotatable bonds is 7. The third-order valence-electron chi connectivity index (χ3n) is 2.81. The lowest BCUT2D eigenvalue weighted by molar-refractivity contribution is -0.139. The van der Waals surface area contributed by atoms with Gasteiger partial charge in [-0.15, -0.1) is 0 Å². The van der Waals surface area contributed by atoms with Gasteiger partial charge in [0, 0.05) is 4.47 Å². The van der Waals surface area contributed by atoms with Crippen LogP contribution in [0.15, 0.2) is 27.6 Å². The summed E-state index contributed by atoms with van der Waals surface area (Å²) in [5.41, 5.74) is 0.301. The molecule has 0 aliphatic carbocycles. The van der Waals surface area contributed by atoms with Crippen molar-refractivity contribution in [1.82, 2.24) is 4.72 Å². The summed E-state index contributed by atoms with van der Waals surface area (Å²) in [5.74, 6) is -1.21. The van der Waals surface area contributed by atoms with E-state index in [0.29, 0.717) is 16.5 Å². The summed E-state index contributed by atoms with van der Waals surface area (Å²) in [6, 6.07) is 4.65. The molecule has 1 atom stereocenters. The highest BCUT2D eigenvalue weighted by atomic mass is 79.9. The lowest BCUT2D eigenvalue weighted by Crippen LogP contribution is -2.40. The number of nitrogens with one attached hydrogen (secondary N) is 1. The first-order chi connectivity index (χ1) is 9.81. The minimum Gasteiger partial charge on any atom is -0.480 e. The average Bonchev–Trinajstić information content (AvgIpc) is 2.43. The molecule has 114 valence electrons. The summed E-state index contributed by atoms with van der Waals surface area (Å²) < 4.78 is 26.9. The lowest BCUT2D eigenvalue weighted by Gasteiger charge is -2.14. The van der Waals surface area contributed by atoms with Crippen molar-refractivity contribution in [3.8, 4) is 6.07 Å². The van der Waals surface area contributed by atoms with Crippen molar-refractivity contribution >= 4 is 31.9 Å². The number of sulfonamides is 1. The van der Waals surface area contributed by atoms with E-state index in [-0.39, 0.29) is 11.3 Å². The zero-order valence-corrected chi connectivity index (χ0v) is 13.7. The van der Waals surface area contributed by atoms with Crippen LogP contribution in [-0.2, 0) is 14.8 Å². The number of carbonyl (C=O) groups is 1. The van der Waals surface area contributed by atoms with Crippen molar-refractivity contribution in [3.63, 3.8) is 0 Å². The number of hydrogen-bond acceptors (Lipinski definition) is 4. The maximum absolute atomic E-state index is 12.2. The molecule has 1 rings (SSSR count). The Morgan fingerprint density at radius 2 is 2.19 bits per heavy atom. The van der Waals surface area contributed by atoms with Crippen LogP contribution in [0.1, 0.15) is 31.7 Å². The molecule has 0 saturated heterocycles. The van der Waals surface area contributed by atoms with Crippen molar-refractivity contribution in [2.75, 3.05) is 0 Å². The summed E-state index contributed by atoms with van der Waals surface area (Å²) in [4.78, 5) is 11.0. The maximum atomic E-state index is 12.2. The van der Waals surface area contributed by atoms with Crippen molar-refractivity contribution in [3.05, 3.63) is 28.2 Å². The van der Waals surface area contributed by atoms with Gasteiger partial charge in [0.15, 0.2) is 0 Å². The minimum absolute atomic E-state index is 0.0869. The van der Waals surface area contributed by atoms with Crippen molar-refractivity contribution in [2.45, 2.75) is 37.1 Å². The summed E-state index contributed by atoms with van der Waals surface area (Å²) in [7, 11) is -3.95. The highest BCUT2D eigenvalue weighted by molar-refractivity contribution is 9.10. The largest absolute Gasteiger partial charge is 0.480 e. The predicted molar refractivity (Wildman–Crippen MR) is 80.1 cm³/mol. The monoisotopic (exact) mass is 374 g/mol. The number of nitrogens with zero attached hydrogens (tertiary/aromatic N) is 1. The van der Waals surface area contributed by atoms with Gasteiger partial charge in [0.1, 0.15) is 12.1 Å². The number of carboxylic acids is 1. The molecule has 0 fully saturated rings. The Morgan fingerprint density at radius 3 is 2.67 bits per heavy atom. The molecule has 8 heteroatoms. The first-order valence-electron chi connectivity index (χ1n) is 6.26. The van der Waals surface area contributed by atoms with Gasteiger partial charge in [-0.1, -0.05) is 19.8 Å². The number of aliphatic carboxylic acids is 1. The topological polar surface area (TPSA) is 107 Å². The second kappa shape index (κ2) is 7.54. The molecule has 0 amide bonds. The van der Waals surface area contributed by atoms with Crippen LogP contribution in [0.3, 0.4) is 0 Å². The van der Waals surface area contributed by atoms with E-state index in [9.17, 15) is 13.2 Å². The lowest BCUT2D eigenvalue weighted by atomic mass is 10.1. The Hall–Kier alpha value is -1.43. The van der Waals surface area contributed by atoms with E-state index in [0.717, 1.165) is 6.42 Å². The fraction of sp³-hybridized carbons (Fsp3) is 0.385. The predicted octanol–water partition coefficient (Wildman–Crippen LogP) is 2.24. The van der Waals surface area contributed by atoms with Gasteiger partial charge in [0.2, 0.25) is 10.0 Å². The number of halogens is 1. The molecule has 1 unspecified atom stereocenters. The molecular formula is C13H15BrN2O4S. The van der Waals surface area contributed by atoms with Crippen molar-refractivity contribution < 1.29 is 18.3 Å². The smallest absolute Gasteiger partial charge is 0.321 e. The molecule has 6 nitrogen and oxygen atoms in total. The molecule has 0 bridgehead atoms. The summed E-state index contributed by atoms with van der Waals surface area (Å²) in [5, 5.41) is 17.9. The van der Waals surface area contributed by atoms with E-state index < -0.39 is 22.0 Å². The fourth-order valence-corrected chi connectivity index (χ4v) is 3.52. The Kier molecular flexibility index (Phi) is 6.33. The van der Waals surface area contributed by atoms with E-state index in [1.54, 1.807) is 0 Å². The maximum Gasteiger partial charge on any atom is 0.321 e. The molecule has 1 aromatic rings. The van der Waals surface area contributed by atoms with Gasteiger partial charge in [0.05, 0.1) is 10.5 Å². The SMILES string of the molecule is CCCCC(NS(=O)(=O)c1ccc(C#N)c(Br)c1)C(=O)O. The zero-order chi connectivity index (χ0) is 16.0. The molecule has 0 spiro atoms. The minimum atomic E-state index is -3.95. The van der Waals surface area contributed by atoms with Crippen molar-refractivity contribution in [1.29, 1.82) is 5.26 Å². The van der Waals surface area contributed by atoms with E-state index in [1.165, 1.54) is 18.2 Å².